The quantitative estimate of drug-likeness (QED) is 0.324. The molecule has 0 spiro atoms. The molecule has 92 valence electrons. The van der Waals surface area contributed by atoms with Crippen LogP contribution in [-0.4, -0.2) is 12.7 Å². The summed E-state index contributed by atoms with van der Waals surface area (Å²) in [5.41, 5.74) is 0.198. The van der Waals surface area contributed by atoms with Gasteiger partial charge in [-0.05, 0) is 25.2 Å². The highest BCUT2D eigenvalue weighted by atomic mass is 17.2. The van der Waals surface area contributed by atoms with Gasteiger partial charge in [0.2, 0.25) is 0 Å². The molecule has 0 saturated heterocycles. The Bertz CT molecular complexity index is 143. The van der Waals surface area contributed by atoms with Crippen LogP contribution in [-0.2, 0) is 9.78 Å². The molecule has 2 heteroatoms. The molecule has 0 saturated carbocycles. The summed E-state index contributed by atoms with van der Waals surface area (Å²) in [6.45, 7) is 11.6. The van der Waals surface area contributed by atoms with Crippen molar-refractivity contribution in [3.63, 3.8) is 0 Å². The van der Waals surface area contributed by atoms with Crippen molar-refractivity contribution in [1.29, 1.82) is 0 Å². The van der Waals surface area contributed by atoms with Crippen molar-refractivity contribution in [3.05, 3.63) is 0 Å². The molecular weight excluding hydrogens is 188 g/mol. The maximum Gasteiger partial charge on any atom is 0.0952 e. The largest absolute Gasteiger partial charge is 0.236 e. The molecule has 0 heterocycles. The summed E-state index contributed by atoms with van der Waals surface area (Å²) < 4.78 is 0. The van der Waals surface area contributed by atoms with E-state index < -0.39 is 0 Å². The van der Waals surface area contributed by atoms with Gasteiger partial charge in [-0.3, -0.25) is 0 Å². The van der Waals surface area contributed by atoms with Crippen molar-refractivity contribution in [2.45, 2.75) is 72.8 Å². The van der Waals surface area contributed by atoms with Crippen LogP contribution < -0.4 is 0 Å². The van der Waals surface area contributed by atoms with Gasteiger partial charge in [-0.25, -0.2) is 9.78 Å². The Kier molecular flexibility index (Phi) is 8.07. The van der Waals surface area contributed by atoms with E-state index in [0.29, 0.717) is 0 Å². The standard InChI is InChI=1S/C13H28O2/c1-6-8-9-10-11-14-15-12(3)13(4,5)7-2/h12H,6-11H2,1-5H3. The van der Waals surface area contributed by atoms with Crippen LogP contribution in [0.2, 0.25) is 0 Å². The van der Waals surface area contributed by atoms with E-state index in [1.54, 1.807) is 0 Å². The van der Waals surface area contributed by atoms with Crippen molar-refractivity contribution < 1.29 is 9.78 Å². The molecule has 1 unspecified atom stereocenters. The second-order valence-corrected chi connectivity index (χ2v) is 4.96. The number of unbranched alkanes of at least 4 members (excludes halogenated alkanes) is 3. The van der Waals surface area contributed by atoms with Gasteiger partial charge in [0, 0.05) is 0 Å². The fraction of sp³-hybridized carbons (Fsp3) is 1.00. The molecule has 0 aliphatic heterocycles. The van der Waals surface area contributed by atoms with Gasteiger partial charge in [-0.15, -0.1) is 0 Å². The molecule has 0 aliphatic carbocycles. The minimum atomic E-state index is 0.161. The maximum atomic E-state index is 5.38. The molecular formula is C13H28O2. The van der Waals surface area contributed by atoms with Crippen LogP contribution in [0.1, 0.15) is 66.7 Å². The Morgan fingerprint density at radius 1 is 1.07 bits per heavy atom. The predicted molar refractivity (Wildman–Crippen MR) is 64.7 cm³/mol. The van der Waals surface area contributed by atoms with E-state index in [1.165, 1.54) is 19.3 Å². The molecule has 0 rings (SSSR count). The monoisotopic (exact) mass is 216 g/mol. The molecule has 0 fully saturated rings. The average Bonchev–Trinajstić information content (AvgIpc) is 2.22. The van der Waals surface area contributed by atoms with E-state index >= 15 is 0 Å². The Balaban J connectivity index is 3.43. The minimum absolute atomic E-state index is 0.161. The van der Waals surface area contributed by atoms with Crippen molar-refractivity contribution in [2.75, 3.05) is 6.61 Å². The molecule has 1 atom stereocenters. The van der Waals surface area contributed by atoms with Crippen LogP contribution >= 0.6 is 0 Å². The van der Waals surface area contributed by atoms with Crippen molar-refractivity contribution in [3.8, 4) is 0 Å². The van der Waals surface area contributed by atoms with E-state index in [2.05, 4.69) is 34.6 Å². The van der Waals surface area contributed by atoms with Gasteiger partial charge in [0.15, 0.2) is 0 Å². The molecule has 0 aromatic carbocycles. The van der Waals surface area contributed by atoms with Crippen molar-refractivity contribution in [1.82, 2.24) is 0 Å². The van der Waals surface area contributed by atoms with E-state index in [1.807, 2.05) is 0 Å². The van der Waals surface area contributed by atoms with E-state index in [0.717, 1.165) is 19.4 Å². The highest BCUT2D eigenvalue weighted by Gasteiger charge is 2.25. The van der Waals surface area contributed by atoms with Gasteiger partial charge < -0.3 is 0 Å². The second kappa shape index (κ2) is 8.12. The molecule has 0 bridgehead atoms. The zero-order valence-corrected chi connectivity index (χ0v) is 11.1. The fourth-order valence-corrected chi connectivity index (χ4v) is 1.16. The van der Waals surface area contributed by atoms with Gasteiger partial charge in [-0.1, -0.05) is 47.0 Å². The first kappa shape index (κ1) is 14.9. The molecule has 0 aromatic heterocycles. The first-order valence-corrected chi connectivity index (χ1v) is 6.32. The van der Waals surface area contributed by atoms with Gasteiger partial charge in [0.05, 0.1) is 12.7 Å². The summed E-state index contributed by atoms with van der Waals surface area (Å²) in [5, 5.41) is 0. The van der Waals surface area contributed by atoms with Crippen LogP contribution in [0.5, 0.6) is 0 Å². The van der Waals surface area contributed by atoms with Crippen LogP contribution in [0.25, 0.3) is 0 Å². The Morgan fingerprint density at radius 3 is 2.27 bits per heavy atom. The zero-order chi connectivity index (χ0) is 11.7. The first-order valence-electron chi connectivity index (χ1n) is 6.32. The lowest BCUT2D eigenvalue weighted by Crippen LogP contribution is -2.28. The maximum absolute atomic E-state index is 5.38. The highest BCUT2D eigenvalue weighted by Crippen LogP contribution is 2.26. The SMILES string of the molecule is CCCCCCOOC(C)C(C)(C)CC. The van der Waals surface area contributed by atoms with E-state index in [9.17, 15) is 0 Å². The number of hydrogen-bond donors (Lipinski definition) is 0. The fourth-order valence-electron chi connectivity index (χ4n) is 1.16. The normalized spacial score (nSPS) is 14.2. The molecule has 0 aromatic rings. The lowest BCUT2D eigenvalue weighted by molar-refractivity contribution is -0.338. The summed E-state index contributed by atoms with van der Waals surface area (Å²) >= 11 is 0. The van der Waals surface area contributed by atoms with Crippen molar-refractivity contribution in [2.24, 2.45) is 5.41 Å². The van der Waals surface area contributed by atoms with Gasteiger partial charge >= 0.3 is 0 Å². The molecule has 2 nitrogen and oxygen atoms in total. The third-order valence-electron chi connectivity index (χ3n) is 3.31. The number of rotatable bonds is 9. The van der Waals surface area contributed by atoms with Gasteiger partial charge in [0.25, 0.3) is 0 Å². The molecule has 0 radical (unpaired) electrons. The smallest absolute Gasteiger partial charge is 0.0952 e. The lowest BCUT2D eigenvalue weighted by Gasteiger charge is -2.29. The average molecular weight is 216 g/mol. The predicted octanol–water partition coefficient (Wildman–Crippen LogP) is 4.34. The van der Waals surface area contributed by atoms with Crippen LogP contribution in [0.15, 0.2) is 0 Å². The zero-order valence-electron chi connectivity index (χ0n) is 11.1. The summed E-state index contributed by atoms with van der Waals surface area (Å²) in [6.07, 6.45) is 6.17. The molecule has 0 N–H and O–H groups in total. The Hall–Kier alpha value is -0.0800. The van der Waals surface area contributed by atoms with Crippen LogP contribution in [0.4, 0.5) is 0 Å². The van der Waals surface area contributed by atoms with Gasteiger partial charge in [-0.2, -0.15) is 0 Å². The lowest BCUT2D eigenvalue weighted by atomic mass is 9.85. The van der Waals surface area contributed by atoms with Crippen LogP contribution in [0, 0.1) is 5.41 Å². The van der Waals surface area contributed by atoms with Crippen molar-refractivity contribution >= 4 is 0 Å². The summed E-state index contributed by atoms with van der Waals surface area (Å²) in [4.78, 5) is 10.6. The van der Waals surface area contributed by atoms with Gasteiger partial charge in [0.1, 0.15) is 0 Å². The summed E-state index contributed by atoms with van der Waals surface area (Å²) in [7, 11) is 0. The second-order valence-electron chi connectivity index (χ2n) is 4.96. The Morgan fingerprint density at radius 2 is 1.73 bits per heavy atom. The number of hydrogen-bond acceptors (Lipinski definition) is 2. The summed E-state index contributed by atoms with van der Waals surface area (Å²) in [5.74, 6) is 0. The van der Waals surface area contributed by atoms with E-state index in [-0.39, 0.29) is 11.5 Å². The third kappa shape index (κ3) is 6.91. The molecule has 15 heavy (non-hydrogen) atoms. The Labute approximate surface area is 95.3 Å². The third-order valence-corrected chi connectivity index (χ3v) is 3.31. The van der Waals surface area contributed by atoms with E-state index in [4.69, 9.17) is 9.78 Å². The molecule has 0 aliphatic rings. The highest BCUT2D eigenvalue weighted by molar-refractivity contribution is 4.72. The minimum Gasteiger partial charge on any atom is -0.236 e. The molecule has 0 amide bonds. The summed E-state index contributed by atoms with van der Waals surface area (Å²) in [6, 6.07) is 0. The van der Waals surface area contributed by atoms with Crippen LogP contribution in [0.3, 0.4) is 0 Å². The first-order chi connectivity index (χ1) is 7.04. The topological polar surface area (TPSA) is 18.5 Å².